The molecule has 0 spiro atoms. The Labute approximate surface area is 197 Å². The molecule has 8 nitrogen and oxygen atoms in total. The molecule has 1 unspecified atom stereocenters. The van der Waals surface area contributed by atoms with Crippen LogP contribution in [0.25, 0.3) is 22.3 Å². The molecule has 172 valence electrons. The molecule has 2 aromatic carbocycles. The second kappa shape index (κ2) is 8.46. The van der Waals surface area contributed by atoms with Gasteiger partial charge in [-0.05, 0) is 23.3 Å². The number of aromatic amines is 1. The number of fused-ring (bicyclic) bond motifs is 4. The molecule has 1 fully saturated rings. The topological polar surface area (TPSA) is 100 Å². The molecule has 0 radical (unpaired) electrons. The van der Waals surface area contributed by atoms with Crippen molar-refractivity contribution in [3.63, 3.8) is 0 Å². The first kappa shape index (κ1) is 20.7. The van der Waals surface area contributed by atoms with Crippen LogP contribution in [0.15, 0.2) is 60.9 Å². The molecular formula is C26H26N6O2. The van der Waals surface area contributed by atoms with E-state index in [9.17, 15) is 4.79 Å². The van der Waals surface area contributed by atoms with Gasteiger partial charge in [-0.3, -0.25) is 4.79 Å². The zero-order valence-corrected chi connectivity index (χ0v) is 18.8. The number of nitrogens with one attached hydrogen (secondary N) is 1. The molecule has 3 N–H and O–H groups in total. The Morgan fingerprint density at radius 1 is 1.15 bits per heavy atom. The van der Waals surface area contributed by atoms with E-state index < -0.39 is 0 Å². The summed E-state index contributed by atoms with van der Waals surface area (Å²) in [6.07, 6.45) is 4.10. The lowest BCUT2D eigenvalue weighted by atomic mass is 10.0. The van der Waals surface area contributed by atoms with E-state index in [0.717, 1.165) is 52.2 Å². The van der Waals surface area contributed by atoms with Gasteiger partial charge >= 0.3 is 0 Å². The van der Waals surface area contributed by atoms with E-state index in [1.54, 1.807) is 0 Å². The number of rotatable bonds is 5. The van der Waals surface area contributed by atoms with Crippen molar-refractivity contribution in [3.8, 4) is 11.4 Å². The van der Waals surface area contributed by atoms with Gasteiger partial charge in [0.15, 0.2) is 11.6 Å². The highest BCUT2D eigenvalue weighted by Gasteiger charge is 2.35. The lowest BCUT2D eigenvalue weighted by Gasteiger charge is -2.45. The van der Waals surface area contributed by atoms with Gasteiger partial charge in [-0.15, -0.1) is 0 Å². The van der Waals surface area contributed by atoms with E-state index in [2.05, 4.69) is 39.0 Å². The van der Waals surface area contributed by atoms with Gasteiger partial charge in [-0.2, -0.15) is 0 Å². The van der Waals surface area contributed by atoms with Crippen LogP contribution in [0.4, 0.5) is 11.5 Å². The maximum atomic E-state index is 11.6. The van der Waals surface area contributed by atoms with Crippen molar-refractivity contribution >= 4 is 28.3 Å². The highest BCUT2D eigenvalue weighted by Crippen LogP contribution is 2.37. The number of hydrogen-bond donors (Lipinski definition) is 2. The maximum absolute atomic E-state index is 11.6. The summed E-state index contributed by atoms with van der Waals surface area (Å²) >= 11 is 0. The normalized spacial score (nSPS) is 17.5. The molecule has 2 aliphatic heterocycles. The Kier molecular flexibility index (Phi) is 5.15. The molecule has 0 bridgehead atoms. The van der Waals surface area contributed by atoms with Crippen molar-refractivity contribution in [2.45, 2.75) is 19.0 Å². The van der Waals surface area contributed by atoms with E-state index in [1.165, 1.54) is 0 Å². The molecule has 0 saturated carbocycles. The van der Waals surface area contributed by atoms with Gasteiger partial charge in [-0.1, -0.05) is 36.4 Å². The summed E-state index contributed by atoms with van der Waals surface area (Å²) in [4.78, 5) is 29.4. The number of amides is 1. The number of aromatic nitrogens is 3. The highest BCUT2D eigenvalue weighted by atomic mass is 16.5. The first-order valence-corrected chi connectivity index (χ1v) is 11.6. The summed E-state index contributed by atoms with van der Waals surface area (Å²) in [6, 6.07) is 16.4. The average Bonchev–Trinajstić information content (AvgIpc) is 3.34. The molecule has 4 aromatic rings. The van der Waals surface area contributed by atoms with Crippen LogP contribution in [0, 0.1) is 0 Å². The third-order valence-corrected chi connectivity index (χ3v) is 6.70. The minimum absolute atomic E-state index is 0.204. The number of anilines is 2. The third kappa shape index (κ3) is 3.66. The Balaban J connectivity index is 1.41. The van der Waals surface area contributed by atoms with Crippen LogP contribution < -0.4 is 15.5 Å². The SMILES string of the molecule is NC(=O)Cc1ccccc1CN1CC2COCCN2c2nc(-c3cccc4[nH]ccc34)ncc21. The Morgan fingerprint density at radius 2 is 2.03 bits per heavy atom. The fraction of sp³-hybridized carbons (Fsp3) is 0.269. The number of ether oxygens (including phenoxy) is 1. The van der Waals surface area contributed by atoms with E-state index in [4.69, 9.17) is 20.4 Å². The fourth-order valence-electron chi connectivity index (χ4n) is 5.08. The standard InChI is InChI=1S/C26H26N6O2/c27-24(33)12-17-4-1-2-5-18(17)14-31-15-19-16-34-11-10-32(19)26-23(31)13-29-25(30-26)21-6-3-7-22-20(21)8-9-28-22/h1-9,13,19,28H,10-12,14-16H2,(H2,27,33). The van der Waals surface area contributed by atoms with Gasteiger partial charge < -0.3 is 25.3 Å². The summed E-state index contributed by atoms with van der Waals surface area (Å²) in [5, 5.41) is 1.11. The zero-order chi connectivity index (χ0) is 23.1. The molecule has 0 aliphatic carbocycles. The first-order chi connectivity index (χ1) is 16.7. The highest BCUT2D eigenvalue weighted by molar-refractivity contribution is 5.93. The second-order valence-corrected chi connectivity index (χ2v) is 8.86. The molecule has 1 saturated heterocycles. The summed E-state index contributed by atoms with van der Waals surface area (Å²) in [6.45, 7) is 3.59. The van der Waals surface area contributed by atoms with Crippen LogP contribution in [0.5, 0.6) is 0 Å². The average molecular weight is 455 g/mol. The number of nitrogens with two attached hydrogens (primary N) is 1. The molecular weight excluding hydrogens is 428 g/mol. The summed E-state index contributed by atoms with van der Waals surface area (Å²) in [5.41, 5.74) is 10.6. The molecule has 6 rings (SSSR count). The van der Waals surface area contributed by atoms with Crippen LogP contribution in [-0.2, 0) is 22.5 Å². The van der Waals surface area contributed by atoms with Crippen LogP contribution in [0.1, 0.15) is 11.1 Å². The summed E-state index contributed by atoms with van der Waals surface area (Å²) in [7, 11) is 0. The van der Waals surface area contributed by atoms with E-state index in [1.807, 2.05) is 36.7 Å². The number of carbonyl (C=O) groups is 1. The van der Waals surface area contributed by atoms with Gasteiger partial charge in [0, 0.05) is 42.3 Å². The van der Waals surface area contributed by atoms with Gasteiger partial charge in [0.2, 0.25) is 5.91 Å². The summed E-state index contributed by atoms with van der Waals surface area (Å²) < 4.78 is 5.81. The number of benzene rings is 2. The first-order valence-electron chi connectivity index (χ1n) is 11.6. The smallest absolute Gasteiger partial charge is 0.221 e. The van der Waals surface area contributed by atoms with E-state index in [-0.39, 0.29) is 18.4 Å². The predicted molar refractivity (Wildman–Crippen MR) is 132 cm³/mol. The number of primary amides is 1. The molecule has 2 aromatic heterocycles. The Morgan fingerprint density at radius 3 is 2.91 bits per heavy atom. The molecule has 34 heavy (non-hydrogen) atoms. The molecule has 4 heterocycles. The summed E-state index contributed by atoms with van der Waals surface area (Å²) in [5.74, 6) is 1.32. The van der Waals surface area contributed by atoms with Gasteiger partial charge in [-0.25, -0.2) is 9.97 Å². The zero-order valence-electron chi connectivity index (χ0n) is 18.8. The van der Waals surface area contributed by atoms with Crippen molar-refractivity contribution in [3.05, 3.63) is 72.1 Å². The number of carbonyl (C=O) groups excluding carboxylic acids is 1. The van der Waals surface area contributed by atoms with Crippen molar-refractivity contribution in [1.82, 2.24) is 15.0 Å². The van der Waals surface area contributed by atoms with Crippen LogP contribution >= 0.6 is 0 Å². The van der Waals surface area contributed by atoms with Gasteiger partial charge in [0.1, 0.15) is 0 Å². The van der Waals surface area contributed by atoms with E-state index >= 15 is 0 Å². The molecule has 8 heteroatoms. The minimum Gasteiger partial charge on any atom is -0.377 e. The van der Waals surface area contributed by atoms with Crippen LogP contribution in [-0.4, -0.2) is 53.2 Å². The quantitative estimate of drug-likeness (QED) is 0.481. The predicted octanol–water partition coefficient (Wildman–Crippen LogP) is 2.88. The lowest BCUT2D eigenvalue weighted by molar-refractivity contribution is -0.117. The van der Waals surface area contributed by atoms with Crippen molar-refractivity contribution in [2.75, 3.05) is 36.1 Å². The lowest BCUT2D eigenvalue weighted by Crippen LogP contribution is -2.55. The number of nitrogens with zero attached hydrogens (tertiary/aromatic N) is 4. The molecule has 1 amide bonds. The maximum Gasteiger partial charge on any atom is 0.221 e. The molecule has 2 aliphatic rings. The van der Waals surface area contributed by atoms with Gasteiger partial charge in [0.05, 0.1) is 37.6 Å². The third-order valence-electron chi connectivity index (χ3n) is 6.70. The second-order valence-electron chi connectivity index (χ2n) is 8.86. The minimum atomic E-state index is -0.328. The van der Waals surface area contributed by atoms with Gasteiger partial charge in [0.25, 0.3) is 0 Å². The van der Waals surface area contributed by atoms with Crippen LogP contribution in [0.3, 0.4) is 0 Å². The van der Waals surface area contributed by atoms with Crippen molar-refractivity contribution in [1.29, 1.82) is 0 Å². The van der Waals surface area contributed by atoms with Crippen molar-refractivity contribution < 1.29 is 9.53 Å². The van der Waals surface area contributed by atoms with Crippen molar-refractivity contribution in [2.24, 2.45) is 5.73 Å². The van der Waals surface area contributed by atoms with Crippen LogP contribution in [0.2, 0.25) is 0 Å². The monoisotopic (exact) mass is 454 g/mol. The molecule has 1 atom stereocenters. The number of morpholine rings is 1. The largest absolute Gasteiger partial charge is 0.377 e. The number of H-pyrrole nitrogens is 1. The Bertz CT molecular complexity index is 1370. The fourth-order valence-corrected chi connectivity index (χ4v) is 5.08. The Hall–Kier alpha value is -3.91. The number of hydrogen-bond acceptors (Lipinski definition) is 6. The van der Waals surface area contributed by atoms with E-state index in [0.29, 0.717) is 25.6 Å².